The average Bonchev–Trinajstić information content (AvgIpc) is 1.38. The number of aliphatic hydroxyl groups is 1. The zero-order chi connectivity index (χ0) is 4.28. The van der Waals surface area contributed by atoms with E-state index in [1.165, 1.54) is 0 Å². The normalized spacial score (nSPS) is 5.29. The second-order valence-electron chi connectivity index (χ2n) is 0.552. The summed E-state index contributed by atoms with van der Waals surface area (Å²) in [6, 6.07) is 0. The van der Waals surface area contributed by atoms with Crippen molar-refractivity contribution in [2.75, 3.05) is 6.61 Å². The van der Waals surface area contributed by atoms with Gasteiger partial charge in [-0.2, -0.15) is 0 Å². The third-order valence-electron chi connectivity index (χ3n) is 0.135. The van der Waals surface area contributed by atoms with E-state index in [2.05, 4.69) is 0 Å². The van der Waals surface area contributed by atoms with E-state index in [9.17, 15) is 0 Å². The zero-order valence-corrected chi connectivity index (χ0v) is 3.51. The predicted molar refractivity (Wildman–Crippen MR) is 21.9 cm³/mol. The van der Waals surface area contributed by atoms with Gasteiger partial charge < -0.3 is 21.2 Å². The molecule has 5 heteroatoms. The topological polar surface area (TPSA) is 121 Å². The predicted octanol–water partition coefficient (Wildman–Crippen LogP) is -2.59. The van der Waals surface area contributed by atoms with Gasteiger partial charge in [0.05, 0.1) is 0 Å². The summed E-state index contributed by atoms with van der Waals surface area (Å²) in [5.41, 5.74) is 0. The third kappa shape index (κ3) is 32.9. The van der Waals surface area contributed by atoms with Crippen molar-refractivity contribution in [3.8, 4) is 0 Å². The summed E-state index contributed by atoms with van der Waals surface area (Å²) in [6.07, 6.45) is 0. The van der Waals surface area contributed by atoms with Crippen molar-refractivity contribution >= 4 is 5.97 Å². The van der Waals surface area contributed by atoms with Gasteiger partial charge in [0.2, 0.25) is 0 Å². The van der Waals surface area contributed by atoms with E-state index in [0.29, 0.717) is 0 Å². The molecular weight excluding hydrogens is 104 g/mol. The van der Waals surface area contributed by atoms with Crippen LogP contribution in [0.5, 0.6) is 0 Å². The van der Waals surface area contributed by atoms with Crippen LogP contribution < -0.4 is 0 Å². The van der Waals surface area contributed by atoms with Gasteiger partial charge in [-0.1, -0.05) is 0 Å². The van der Waals surface area contributed by atoms with Crippen molar-refractivity contribution in [2.24, 2.45) is 0 Å². The molecule has 0 unspecified atom stereocenters. The fourth-order valence-corrected chi connectivity index (χ4v) is 0. The third-order valence-corrected chi connectivity index (χ3v) is 0.135. The highest BCUT2D eigenvalue weighted by Gasteiger charge is 1.82. The van der Waals surface area contributed by atoms with Gasteiger partial charge in [0.25, 0.3) is 0 Å². The van der Waals surface area contributed by atoms with Crippen LogP contribution in [0.1, 0.15) is 0 Å². The molecule has 5 nitrogen and oxygen atoms in total. The molecular formula is C2H8O5. The first kappa shape index (κ1) is 16.2. The number of hydrogen-bond donors (Lipinski definition) is 2. The highest BCUT2D eigenvalue weighted by Crippen LogP contribution is 1.48. The smallest absolute Gasteiger partial charge is 0.329 e. The lowest BCUT2D eigenvalue weighted by Crippen LogP contribution is -1.98. The SMILES string of the molecule is O.O.O=C(O)CO. The van der Waals surface area contributed by atoms with E-state index in [-0.39, 0.29) is 11.0 Å². The van der Waals surface area contributed by atoms with E-state index in [4.69, 9.17) is 15.0 Å². The summed E-state index contributed by atoms with van der Waals surface area (Å²) in [5.74, 6) is -1.19. The van der Waals surface area contributed by atoms with Crippen LogP contribution in [0, 0.1) is 0 Å². The largest absolute Gasteiger partial charge is 0.480 e. The van der Waals surface area contributed by atoms with E-state index < -0.39 is 12.6 Å². The highest BCUT2D eigenvalue weighted by atomic mass is 16.4. The molecule has 46 valence electrons. The Morgan fingerprint density at radius 2 is 1.57 bits per heavy atom. The first-order valence-corrected chi connectivity index (χ1v) is 1.10. The molecule has 0 fully saturated rings. The number of aliphatic hydroxyl groups excluding tert-OH is 1. The van der Waals surface area contributed by atoms with Gasteiger partial charge >= 0.3 is 5.97 Å². The zero-order valence-electron chi connectivity index (χ0n) is 3.51. The highest BCUT2D eigenvalue weighted by molar-refractivity contribution is 5.67. The molecule has 0 amide bonds. The van der Waals surface area contributed by atoms with Crippen molar-refractivity contribution in [1.29, 1.82) is 0 Å². The fourth-order valence-electron chi connectivity index (χ4n) is 0. The van der Waals surface area contributed by atoms with Crippen LogP contribution >= 0.6 is 0 Å². The molecule has 0 saturated carbocycles. The second kappa shape index (κ2) is 9.02. The lowest BCUT2D eigenvalue weighted by atomic mass is 10.8. The molecule has 0 aliphatic carbocycles. The molecule has 0 saturated heterocycles. The van der Waals surface area contributed by atoms with Crippen molar-refractivity contribution in [1.82, 2.24) is 0 Å². The van der Waals surface area contributed by atoms with Crippen LogP contribution in [0.25, 0.3) is 0 Å². The van der Waals surface area contributed by atoms with Crippen LogP contribution in [0.3, 0.4) is 0 Å². The maximum atomic E-state index is 9.12. The van der Waals surface area contributed by atoms with Crippen LogP contribution in [0.15, 0.2) is 0 Å². The molecule has 0 aromatic carbocycles. The number of hydrogen-bond acceptors (Lipinski definition) is 2. The van der Waals surface area contributed by atoms with Crippen LogP contribution in [0.2, 0.25) is 0 Å². The number of rotatable bonds is 1. The number of carboxylic acids is 1. The van der Waals surface area contributed by atoms with Gasteiger partial charge in [-0.05, 0) is 0 Å². The molecule has 7 heavy (non-hydrogen) atoms. The van der Waals surface area contributed by atoms with Crippen molar-refractivity contribution < 1.29 is 26.0 Å². The Bertz CT molecular complexity index is 41.3. The summed E-state index contributed by atoms with van der Waals surface area (Å²) in [7, 11) is 0. The maximum absolute atomic E-state index is 9.12. The first-order chi connectivity index (χ1) is 2.27. The number of carboxylic acid groups (broad SMARTS) is 1. The standard InChI is InChI=1S/C2H4O3.2H2O/c3-1-2(4)5;;/h3H,1H2,(H,4,5);2*1H2. The lowest BCUT2D eigenvalue weighted by molar-refractivity contribution is -0.140. The van der Waals surface area contributed by atoms with Gasteiger partial charge in [0.15, 0.2) is 0 Å². The van der Waals surface area contributed by atoms with E-state index >= 15 is 0 Å². The quantitative estimate of drug-likeness (QED) is 0.387. The van der Waals surface area contributed by atoms with Gasteiger partial charge in [0.1, 0.15) is 6.61 Å². The molecule has 0 aromatic heterocycles. The molecule has 0 aromatic rings. The van der Waals surface area contributed by atoms with E-state index in [0.717, 1.165) is 0 Å². The van der Waals surface area contributed by atoms with Crippen molar-refractivity contribution in [3.05, 3.63) is 0 Å². The number of aliphatic carboxylic acids is 1. The lowest BCUT2D eigenvalue weighted by Gasteiger charge is -1.72. The molecule has 0 spiro atoms. The molecule has 6 N–H and O–H groups in total. The fraction of sp³-hybridized carbons (Fsp3) is 0.500. The Balaban J connectivity index is -0.0000000800. The van der Waals surface area contributed by atoms with Crippen LogP contribution in [0.4, 0.5) is 0 Å². The summed E-state index contributed by atoms with van der Waals surface area (Å²) in [5, 5.41) is 15.0. The molecule has 0 atom stereocenters. The van der Waals surface area contributed by atoms with Gasteiger partial charge in [-0.25, -0.2) is 4.79 Å². The minimum absolute atomic E-state index is 0. The second-order valence-corrected chi connectivity index (χ2v) is 0.552. The Labute approximate surface area is 39.8 Å². The Kier molecular flexibility index (Phi) is 20.9. The van der Waals surface area contributed by atoms with E-state index in [1.54, 1.807) is 0 Å². The van der Waals surface area contributed by atoms with Gasteiger partial charge in [-0.3, -0.25) is 0 Å². The molecule has 0 rings (SSSR count). The summed E-state index contributed by atoms with van der Waals surface area (Å²) in [4.78, 5) is 9.12. The molecule has 0 bridgehead atoms. The van der Waals surface area contributed by atoms with Gasteiger partial charge in [0, 0.05) is 0 Å². The monoisotopic (exact) mass is 112 g/mol. The van der Waals surface area contributed by atoms with Crippen LogP contribution in [-0.4, -0.2) is 33.7 Å². The molecule has 0 heterocycles. The average molecular weight is 112 g/mol. The van der Waals surface area contributed by atoms with E-state index in [1.807, 2.05) is 0 Å². The van der Waals surface area contributed by atoms with Crippen molar-refractivity contribution in [3.63, 3.8) is 0 Å². The van der Waals surface area contributed by atoms with Crippen molar-refractivity contribution in [2.45, 2.75) is 0 Å². The Hall–Kier alpha value is -0.650. The minimum atomic E-state index is -1.19. The summed E-state index contributed by atoms with van der Waals surface area (Å²) >= 11 is 0. The number of carbonyl (C=O) groups is 1. The Morgan fingerprint density at radius 1 is 1.43 bits per heavy atom. The summed E-state index contributed by atoms with van der Waals surface area (Å²) in [6.45, 7) is -0.778. The Morgan fingerprint density at radius 3 is 1.57 bits per heavy atom. The summed E-state index contributed by atoms with van der Waals surface area (Å²) < 4.78 is 0. The van der Waals surface area contributed by atoms with Crippen LogP contribution in [-0.2, 0) is 4.79 Å². The van der Waals surface area contributed by atoms with Gasteiger partial charge in [-0.15, -0.1) is 0 Å². The maximum Gasteiger partial charge on any atom is 0.329 e. The minimum Gasteiger partial charge on any atom is -0.480 e. The first-order valence-electron chi connectivity index (χ1n) is 1.10. The molecule has 0 aliphatic rings. The molecule has 0 radical (unpaired) electrons. The molecule has 0 aliphatic heterocycles.